The number of phosphoric ester groups is 1. The standard InChI is InChI=1S/C42H64FN6O8P/c1-4-5-6-7-8-9-10-11-12-13-14-15-16-17-18-19-22-54-28-34(48(3)27-32-23-31(26-44)24-33(43)25-32)29-55-58(52,53)57-38-37-42(38,51)40(50)41(2,56-37)36-21-20-35-39(45)46-30-47-49(35)36/h20-21,23-25,30,34,37-38,40,50-51H,4-19,22,27-29H2,1-3H3,(H,52,53)(H2,45,46,47)/t34-,37-,38?,40+,41+,42+/m1/s1. The van der Waals surface area contributed by atoms with Crippen LogP contribution >= 0.6 is 7.82 Å². The fourth-order valence-corrected chi connectivity index (χ4v) is 9.08. The van der Waals surface area contributed by atoms with Gasteiger partial charge in [-0.3, -0.25) is 13.9 Å². The minimum atomic E-state index is -4.81. The molecule has 5 rings (SSSR count). The number of phosphoric acid groups is 1. The van der Waals surface area contributed by atoms with Crippen LogP contribution < -0.4 is 5.73 Å². The number of hydrogen-bond donors (Lipinski definition) is 4. The topological polar surface area (TPSA) is 198 Å². The molecule has 1 aliphatic heterocycles. The highest BCUT2D eigenvalue weighted by Gasteiger charge is 2.82. The molecule has 5 N–H and O–H groups in total. The number of nitrogen functional groups attached to an aromatic ring is 1. The quantitative estimate of drug-likeness (QED) is 0.0420. The minimum Gasteiger partial charge on any atom is -0.386 e. The van der Waals surface area contributed by atoms with Crippen molar-refractivity contribution in [1.29, 1.82) is 5.26 Å². The van der Waals surface area contributed by atoms with E-state index in [4.69, 9.17) is 24.3 Å². The first-order valence-electron chi connectivity index (χ1n) is 21.1. The maximum atomic E-state index is 14.2. The summed E-state index contributed by atoms with van der Waals surface area (Å²) in [5.41, 5.74) is 4.12. The number of nitrogens with zero attached hydrogens (tertiary/aromatic N) is 5. The molecule has 0 amide bonds. The first-order chi connectivity index (χ1) is 27.8. The predicted molar refractivity (Wildman–Crippen MR) is 218 cm³/mol. The second kappa shape index (κ2) is 21.5. The number of hydrogen-bond acceptors (Lipinski definition) is 12. The molecule has 1 saturated carbocycles. The van der Waals surface area contributed by atoms with Gasteiger partial charge in [0.25, 0.3) is 0 Å². The predicted octanol–water partition coefficient (Wildman–Crippen LogP) is 7.32. The average Bonchev–Trinajstić information content (AvgIpc) is 3.43. The average molecular weight is 831 g/mol. The summed E-state index contributed by atoms with van der Waals surface area (Å²) < 4.78 is 51.9. The van der Waals surface area contributed by atoms with Crippen molar-refractivity contribution in [3.05, 3.63) is 59.3 Å². The van der Waals surface area contributed by atoms with Gasteiger partial charge >= 0.3 is 7.82 Å². The van der Waals surface area contributed by atoms with Gasteiger partial charge < -0.3 is 30.3 Å². The van der Waals surface area contributed by atoms with Crippen molar-refractivity contribution >= 4 is 19.2 Å². The Kier molecular flexibility index (Phi) is 17.0. The van der Waals surface area contributed by atoms with Gasteiger partial charge in [0.1, 0.15) is 41.6 Å². The number of aliphatic hydroxyl groups is 2. The van der Waals surface area contributed by atoms with Gasteiger partial charge in [0.2, 0.25) is 0 Å². The van der Waals surface area contributed by atoms with Gasteiger partial charge in [-0.15, -0.1) is 0 Å². The molecule has 58 heavy (non-hydrogen) atoms. The van der Waals surface area contributed by atoms with E-state index in [1.165, 1.54) is 100 Å². The van der Waals surface area contributed by atoms with Crippen molar-refractivity contribution < 1.29 is 42.6 Å². The Hall–Kier alpha value is -3.03. The lowest BCUT2D eigenvalue weighted by Crippen LogP contribution is -2.46. The minimum absolute atomic E-state index is 0.144. The van der Waals surface area contributed by atoms with Crippen molar-refractivity contribution in [1.82, 2.24) is 19.5 Å². The zero-order valence-corrected chi connectivity index (χ0v) is 35.3. The zero-order valence-electron chi connectivity index (χ0n) is 34.4. The molecule has 2 fully saturated rings. The van der Waals surface area contributed by atoms with E-state index in [0.717, 1.165) is 25.3 Å². The number of rotatable bonds is 28. The van der Waals surface area contributed by atoms with Crippen LogP contribution in [0.4, 0.5) is 10.2 Å². The van der Waals surface area contributed by atoms with E-state index >= 15 is 0 Å². The van der Waals surface area contributed by atoms with Gasteiger partial charge in [-0.05, 0) is 56.3 Å². The number of anilines is 1. The smallest absolute Gasteiger partial charge is 0.386 e. The number of nitriles is 1. The van der Waals surface area contributed by atoms with E-state index in [-0.39, 0.29) is 31.1 Å². The maximum Gasteiger partial charge on any atom is 0.472 e. The molecule has 2 aliphatic rings. The first-order valence-corrected chi connectivity index (χ1v) is 22.6. The van der Waals surface area contributed by atoms with Gasteiger partial charge in [0, 0.05) is 13.2 Å². The fourth-order valence-electron chi connectivity index (χ4n) is 8.09. The van der Waals surface area contributed by atoms with E-state index in [9.17, 15) is 29.3 Å². The molecule has 3 heterocycles. The molecule has 0 radical (unpaired) electrons. The van der Waals surface area contributed by atoms with Crippen LogP contribution in [0.2, 0.25) is 0 Å². The summed E-state index contributed by atoms with van der Waals surface area (Å²) in [4.78, 5) is 16.6. The third-order valence-corrected chi connectivity index (χ3v) is 12.6. The monoisotopic (exact) mass is 830 g/mol. The number of aromatic nitrogens is 3. The number of halogens is 1. The Bertz CT molecular complexity index is 1850. The number of unbranched alkanes of at least 4 members (excludes halogenated alkanes) is 15. The molecule has 1 aliphatic carbocycles. The SMILES string of the molecule is CCCCCCCCCCCCCCCCCCOC[C@H](COP(=O)(O)OC1[C@H]2O[C@@](C)(c3ccc4c(N)ncnn34)[C@H](O)[C@@]12O)N(C)Cc1cc(F)cc(C#N)c1. The molecule has 14 nitrogen and oxygen atoms in total. The summed E-state index contributed by atoms with van der Waals surface area (Å²) in [6.07, 6.45) is 17.5. The van der Waals surface area contributed by atoms with E-state index in [1.807, 2.05) is 6.07 Å². The van der Waals surface area contributed by atoms with Crippen LogP contribution in [0.5, 0.6) is 0 Å². The van der Waals surface area contributed by atoms with Gasteiger partial charge in [0.15, 0.2) is 11.4 Å². The summed E-state index contributed by atoms with van der Waals surface area (Å²) in [6, 6.07) is 8.77. The highest BCUT2D eigenvalue weighted by molar-refractivity contribution is 7.47. The number of likely N-dealkylation sites (N-methyl/N-ethyl adjacent to an activating group) is 1. The Balaban J connectivity index is 1.05. The molecule has 1 aromatic carbocycles. The van der Waals surface area contributed by atoms with Crippen LogP contribution in [0.1, 0.15) is 133 Å². The third-order valence-electron chi connectivity index (χ3n) is 11.7. The Morgan fingerprint density at radius 3 is 2.22 bits per heavy atom. The zero-order chi connectivity index (χ0) is 41.8. The van der Waals surface area contributed by atoms with E-state index in [2.05, 4.69) is 17.0 Å². The molecule has 0 bridgehead atoms. The maximum absolute atomic E-state index is 14.2. The summed E-state index contributed by atoms with van der Waals surface area (Å²) in [5.74, 6) is -0.322. The molecule has 322 valence electrons. The van der Waals surface area contributed by atoms with Gasteiger partial charge in [0.05, 0.1) is 36.6 Å². The van der Waals surface area contributed by atoms with Crippen LogP contribution in [0.15, 0.2) is 36.7 Å². The van der Waals surface area contributed by atoms with Gasteiger partial charge in [-0.2, -0.15) is 10.4 Å². The van der Waals surface area contributed by atoms with Crippen LogP contribution in [-0.4, -0.2) is 91.4 Å². The Morgan fingerprint density at radius 1 is 1.02 bits per heavy atom. The molecule has 2 unspecified atom stereocenters. The van der Waals surface area contributed by atoms with Crippen LogP contribution in [0, 0.1) is 17.1 Å². The van der Waals surface area contributed by atoms with Crippen LogP contribution in [0.25, 0.3) is 5.52 Å². The van der Waals surface area contributed by atoms with Crippen LogP contribution in [0.3, 0.4) is 0 Å². The van der Waals surface area contributed by atoms with Crippen LogP contribution in [-0.2, 0) is 35.2 Å². The molecule has 7 atom stereocenters. The number of aliphatic hydroxyl groups excluding tert-OH is 1. The first kappa shape index (κ1) is 46.0. The molecular formula is C42H64FN6O8P. The number of ether oxygens (including phenoxy) is 2. The largest absolute Gasteiger partial charge is 0.472 e. The molecule has 16 heteroatoms. The Morgan fingerprint density at radius 2 is 1.64 bits per heavy atom. The molecule has 1 saturated heterocycles. The summed E-state index contributed by atoms with van der Waals surface area (Å²) in [7, 11) is -3.07. The third kappa shape index (κ3) is 11.8. The molecular weight excluding hydrogens is 766 g/mol. The van der Waals surface area contributed by atoms with E-state index in [0.29, 0.717) is 23.4 Å². The Labute approximate surface area is 342 Å². The summed E-state index contributed by atoms with van der Waals surface area (Å²) >= 11 is 0. The van der Waals surface area contributed by atoms with E-state index in [1.54, 1.807) is 37.1 Å². The highest BCUT2D eigenvalue weighted by Crippen LogP contribution is 2.63. The number of fused-ring (bicyclic) bond motifs is 2. The van der Waals surface area contributed by atoms with Crippen molar-refractivity contribution in [3.63, 3.8) is 0 Å². The normalized spacial score (nSPS) is 24.2. The highest BCUT2D eigenvalue weighted by atomic mass is 31.2. The second-order valence-electron chi connectivity index (χ2n) is 16.3. The lowest BCUT2D eigenvalue weighted by atomic mass is 9.91. The van der Waals surface area contributed by atoms with E-state index < -0.39 is 49.2 Å². The number of benzene rings is 1. The summed E-state index contributed by atoms with van der Waals surface area (Å²) in [6.45, 7) is 4.37. The fraction of sp³-hybridized carbons (Fsp3) is 0.690. The van der Waals surface area contributed by atoms with Gasteiger partial charge in [-0.1, -0.05) is 103 Å². The van der Waals surface area contributed by atoms with Gasteiger partial charge in [-0.25, -0.2) is 18.5 Å². The van der Waals surface area contributed by atoms with Crippen molar-refractivity contribution in [2.75, 3.05) is 32.6 Å². The molecule has 3 aromatic rings. The molecule has 2 aromatic heterocycles. The van der Waals surface area contributed by atoms with Crippen molar-refractivity contribution in [2.24, 2.45) is 0 Å². The second-order valence-corrected chi connectivity index (χ2v) is 17.7. The number of nitrogens with two attached hydrogens (primary N) is 1. The lowest BCUT2D eigenvalue weighted by Gasteiger charge is -2.32. The van der Waals surface area contributed by atoms with Crippen molar-refractivity contribution in [2.45, 2.75) is 159 Å². The summed E-state index contributed by atoms with van der Waals surface area (Å²) in [5, 5.41) is 36.3. The molecule has 0 spiro atoms. The van der Waals surface area contributed by atoms with Crippen molar-refractivity contribution in [3.8, 4) is 6.07 Å². The lowest BCUT2D eigenvalue weighted by molar-refractivity contribution is -0.126.